The van der Waals surface area contributed by atoms with Crippen molar-refractivity contribution in [2.24, 2.45) is 0 Å². The van der Waals surface area contributed by atoms with Gasteiger partial charge in [-0.1, -0.05) is 71.2 Å². The lowest BCUT2D eigenvalue weighted by Crippen LogP contribution is -2.50. The Morgan fingerprint density at radius 1 is 1.00 bits per heavy atom. The van der Waals surface area contributed by atoms with Gasteiger partial charge in [-0.2, -0.15) is 0 Å². The highest BCUT2D eigenvalue weighted by Gasteiger charge is 2.27. The number of nitrogens with one attached hydrogen (secondary N) is 3. The highest BCUT2D eigenvalue weighted by atomic mass is 35.5. The Labute approximate surface area is 251 Å². The number of nitrogens with zero attached hydrogens (tertiary/aromatic N) is 1. The molecule has 0 spiro atoms. The van der Waals surface area contributed by atoms with Crippen LogP contribution in [0.1, 0.15) is 49.9 Å². The van der Waals surface area contributed by atoms with Gasteiger partial charge in [-0.15, -0.1) is 0 Å². The van der Waals surface area contributed by atoms with Crippen molar-refractivity contribution < 1.29 is 24.3 Å². The zero-order valence-electron chi connectivity index (χ0n) is 21.9. The number of hydrogen-bond acceptors (Lipinski definition) is 4. The number of benzene rings is 3. The van der Waals surface area contributed by atoms with E-state index < -0.39 is 29.9 Å². The largest absolute Gasteiger partial charge is 0.480 e. The van der Waals surface area contributed by atoms with Gasteiger partial charge in [0.2, 0.25) is 0 Å². The van der Waals surface area contributed by atoms with Crippen molar-refractivity contribution in [2.75, 3.05) is 13.6 Å². The Morgan fingerprint density at radius 3 is 2.39 bits per heavy atom. The van der Waals surface area contributed by atoms with Crippen LogP contribution in [0.3, 0.4) is 0 Å². The number of aliphatic carboxylic acids is 1. The first-order chi connectivity index (χ1) is 19.5. The predicted octanol–water partition coefficient (Wildman–Crippen LogP) is 5.09. The lowest BCUT2D eigenvalue weighted by atomic mass is 10.1. The molecule has 12 heteroatoms. The third-order valence-corrected chi connectivity index (χ3v) is 7.51. The number of halogens is 3. The van der Waals surface area contributed by atoms with Crippen molar-refractivity contribution in [3.8, 4) is 0 Å². The number of carboxylic acids is 1. The summed E-state index contributed by atoms with van der Waals surface area (Å²) >= 11 is 18.7. The van der Waals surface area contributed by atoms with E-state index in [0.29, 0.717) is 5.02 Å². The second kappa shape index (κ2) is 13.2. The molecule has 0 radical (unpaired) electrons. The van der Waals surface area contributed by atoms with Crippen LogP contribution in [0, 0.1) is 0 Å². The standard InChI is InChI=1S/C29H27Cl3N4O5/c1-36(15-16-5-4-7-19(30)11-16)27(38)18-12-21(31)25(22(32)13-18)26(37)34-24(28(39)40)14-33-29(41)35-23-10-9-17-6-2-3-8-20(17)23/h2-8,11-13,23-24H,9-10,14-15H2,1H3,(H,34,37)(H,39,40)(H2,33,35,41). The molecule has 4 amide bonds. The zero-order valence-corrected chi connectivity index (χ0v) is 24.2. The van der Waals surface area contributed by atoms with Crippen molar-refractivity contribution in [1.82, 2.24) is 20.9 Å². The molecular weight excluding hydrogens is 591 g/mol. The summed E-state index contributed by atoms with van der Waals surface area (Å²) in [6, 6.07) is 15.2. The molecule has 0 fully saturated rings. The minimum atomic E-state index is -1.47. The molecular formula is C29H27Cl3N4O5. The quantitative estimate of drug-likeness (QED) is 0.266. The molecule has 4 rings (SSSR count). The van der Waals surface area contributed by atoms with E-state index in [2.05, 4.69) is 16.0 Å². The Bertz CT molecular complexity index is 1480. The van der Waals surface area contributed by atoms with Crippen LogP contribution < -0.4 is 16.0 Å². The van der Waals surface area contributed by atoms with E-state index in [4.69, 9.17) is 34.8 Å². The molecule has 3 aromatic carbocycles. The summed E-state index contributed by atoms with van der Waals surface area (Å²) in [4.78, 5) is 51.7. The predicted molar refractivity (Wildman–Crippen MR) is 157 cm³/mol. The number of urea groups is 1. The van der Waals surface area contributed by atoms with E-state index in [1.807, 2.05) is 30.3 Å². The second-order valence-corrected chi connectivity index (χ2v) is 10.9. The van der Waals surface area contributed by atoms with Gasteiger partial charge >= 0.3 is 12.0 Å². The van der Waals surface area contributed by atoms with Crippen LogP contribution in [-0.4, -0.2) is 53.5 Å². The monoisotopic (exact) mass is 616 g/mol. The lowest BCUT2D eigenvalue weighted by molar-refractivity contribution is -0.139. The Balaban J connectivity index is 1.37. The van der Waals surface area contributed by atoms with Gasteiger partial charge in [-0.3, -0.25) is 9.59 Å². The number of rotatable bonds is 9. The normalized spacial score (nSPS) is 14.5. The number of carbonyl (C=O) groups is 4. The van der Waals surface area contributed by atoms with Crippen molar-refractivity contribution in [1.29, 1.82) is 0 Å². The van der Waals surface area contributed by atoms with Crippen LogP contribution in [0.4, 0.5) is 4.79 Å². The number of carbonyl (C=O) groups excluding carboxylic acids is 3. The summed E-state index contributed by atoms with van der Waals surface area (Å²) in [5, 5.41) is 17.6. The summed E-state index contributed by atoms with van der Waals surface area (Å²) < 4.78 is 0. The molecule has 1 aliphatic carbocycles. The maximum Gasteiger partial charge on any atom is 0.328 e. The minimum absolute atomic E-state index is 0.135. The fraction of sp³-hybridized carbons (Fsp3) is 0.241. The third kappa shape index (κ3) is 7.49. The van der Waals surface area contributed by atoms with Crippen LogP contribution in [0.15, 0.2) is 60.7 Å². The molecule has 0 saturated heterocycles. The van der Waals surface area contributed by atoms with Crippen molar-refractivity contribution in [2.45, 2.75) is 31.5 Å². The first-order valence-electron chi connectivity index (χ1n) is 12.7. The lowest BCUT2D eigenvalue weighted by Gasteiger charge is -2.20. The molecule has 4 N–H and O–H groups in total. The van der Waals surface area contributed by atoms with Crippen molar-refractivity contribution in [3.63, 3.8) is 0 Å². The fourth-order valence-electron chi connectivity index (χ4n) is 4.66. The fourth-order valence-corrected chi connectivity index (χ4v) is 5.53. The molecule has 0 aliphatic heterocycles. The van der Waals surface area contributed by atoms with Crippen LogP contribution in [0.5, 0.6) is 0 Å². The average Bonchev–Trinajstić information content (AvgIpc) is 3.32. The maximum atomic E-state index is 13.0. The molecule has 0 aromatic heterocycles. The van der Waals surface area contributed by atoms with Crippen LogP contribution in [-0.2, 0) is 17.8 Å². The number of amides is 4. The highest BCUT2D eigenvalue weighted by Crippen LogP contribution is 2.30. The van der Waals surface area contributed by atoms with E-state index in [-0.39, 0.29) is 40.3 Å². The molecule has 214 valence electrons. The van der Waals surface area contributed by atoms with Gasteiger partial charge < -0.3 is 26.0 Å². The molecule has 1 aliphatic rings. The summed E-state index contributed by atoms with van der Waals surface area (Å²) in [6.45, 7) is -0.119. The molecule has 0 bridgehead atoms. The van der Waals surface area contributed by atoms with Gasteiger partial charge in [-0.05, 0) is 53.8 Å². The molecule has 2 unspecified atom stereocenters. The highest BCUT2D eigenvalue weighted by molar-refractivity contribution is 6.40. The molecule has 3 aromatic rings. The first-order valence-corrected chi connectivity index (χ1v) is 13.8. The average molecular weight is 618 g/mol. The van der Waals surface area contributed by atoms with Crippen LogP contribution in [0.25, 0.3) is 0 Å². The molecule has 2 atom stereocenters. The Morgan fingerprint density at radius 2 is 1.71 bits per heavy atom. The zero-order chi connectivity index (χ0) is 29.7. The number of fused-ring (bicyclic) bond motifs is 1. The topological polar surface area (TPSA) is 128 Å². The van der Waals surface area contributed by atoms with E-state index in [1.54, 1.807) is 25.2 Å². The summed E-state index contributed by atoms with van der Waals surface area (Å²) in [5.74, 6) is -2.64. The summed E-state index contributed by atoms with van der Waals surface area (Å²) in [6.07, 6.45) is 1.57. The summed E-state index contributed by atoms with van der Waals surface area (Å²) in [5.41, 5.74) is 2.94. The Kier molecular flexibility index (Phi) is 9.75. The van der Waals surface area contributed by atoms with Crippen molar-refractivity contribution in [3.05, 3.63) is 104 Å². The SMILES string of the molecule is CN(Cc1cccc(Cl)c1)C(=O)c1cc(Cl)c(C(=O)NC(CNC(=O)NC2CCc3ccccc32)C(=O)O)c(Cl)c1. The number of carboxylic acid groups (broad SMARTS) is 1. The molecule has 9 nitrogen and oxygen atoms in total. The Hall–Kier alpha value is -3.79. The second-order valence-electron chi connectivity index (χ2n) is 9.61. The van der Waals surface area contributed by atoms with E-state index in [9.17, 15) is 24.3 Å². The third-order valence-electron chi connectivity index (χ3n) is 6.68. The molecule has 41 heavy (non-hydrogen) atoms. The van der Waals surface area contributed by atoms with Gasteiger partial charge in [0.05, 0.1) is 28.2 Å². The van der Waals surface area contributed by atoms with E-state index in [0.717, 1.165) is 29.5 Å². The molecule has 0 heterocycles. The number of aryl methyl sites for hydroxylation is 1. The number of hydrogen-bond donors (Lipinski definition) is 4. The van der Waals surface area contributed by atoms with Gasteiger partial charge in [0.1, 0.15) is 6.04 Å². The van der Waals surface area contributed by atoms with Crippen LogP contribution in [0.2, 0.25) is 15.1 Å². The molecule has 0 saturated carbocycles. The van der Waals surface area contributed by atoms with Gasteiger partial charge in [-0.25, -0.2) is 9.59 Å². The summed E-state index contributed by atoms with van der Waals surface area (Å²) in [7, 11) is 1.59. The first kappa shape index (κ1) is 30.2. The van der Waals surface area contributed by atoms with E-state index in [1.165, 1.54) is 17.0 Å². The van der Waals surface area contributed by atoms with Gasteiger partial charge in [0, 0.05) is 24.2 Å². The smallest absolute Gasteiger partial charge is 0.328 e. The van der Waals surface area contributed by atoms with Gasteiger partial charge in [0.15, 0.2) is 0 Å². The van der Waals surface area contributed by atoms with E-state index >= 15 is 0 Å². The van der Waals surface area contributed by atoms with Crippen molar-refractivity contribution >= 4 is 58.6 Å². The van der Waals surface area contributed by atoms with Crippen LogP contribution >= 0.6 is 34.8 Å². The van der Waals surface area contributed by atoms with Gasteiger partial charge in [0.25, 0.3) is 11.8 Å². The maximum absolute atomic E-state index is 13.0. The minimum Gasteiger partial charge on any atom is -0.480 e.